The molecule has 2 N–H and O–H groups in total. The summed E-state index contributed by atoms with van der Waals surface area (Å²) in [6.07, 6.45) is 1.43. The highest BCUT2D eigenvalue weighted by Gasteiger charge is 2.11. The number of carbonyl (C=O) groups is 1. The van der Waals surface area contributed by atoms with Gasteiger partial charge in [0, 0.05) is 11.3 Å². The third-order valence-electron chi connectivity index (χ3n) is 3.99. The Morgan fingerprint density at radius 1 is 1.10 bits per heavy atom. The van der Waals surface area contributed by atoms with Crippen LogP contribution in [0.15, 0.2) is 78.4 Å². The first kappa shape index (κ1) is 19.6. The lowest BCUT2D eigenvalue weighted by atomic mass is 10.1. The van der Waals surface area contributed by atoms with E-state index >= 15 is 0 Å². The van der Waals surface area contributed by atoms with Crippen LogP contribution in [0.2, 0.25) is 0 Å². The fourth-order valence-corrected chi connectivity index (χ4v) is 2.57. The van der Waals surface area contributed by atoms with Gasteiger partial charge in [0.25, 0.3) is 5.91 Å². The third-order valence-corrected chi connectivity index (χ3v) is 3.99. The molecule has 0 aliphatic heterocycles. The fourth-order valence-electron chi connectivity index (χ4n) is 2.57. The number of rotatable bonds is 6. The van der Waals surface area contributed by atoms with E-state index in [1.807, 2.05) is 6.07 Å². The van der Waals surface area contributed by atoms with Crippen LogP contribution in [-0.4, -0.2) is 11.0 Å². The van der Waals surface area contributed by atoms with Gasteiger partial charge in [-0.25, -0.2) is 4.39 Å². The molecule has 0 saturated heterocycles. The first-order valence-corrected chi connectivity index (χ1v) is 8.73. The average Bonchev–Trinajstić information content (AvgIpc) is 2.73. The maximum atomic E-state index is 13.3. The van der Waals surface area contributed by atoms with Crippen molar-refractivity contribution in [3.63, 3.8) is 0 Å². The van der Waals surface area contributed by atoms with Crippen LogP contribution in [0.4, 0.5) is 10.1 Å². The van der Waals surface area contributed by atoms with Crippen molar-refractivity contribution in [1.29, 1.82) is 5.26 Å². The van der Waals surface area contributed by atoms with E-state index in [1.54, 1.807) is 36.4 Å². The topological polar surface area (TPSA) is 82.3 Å². The maximum Gasteiger partial charge on any atom is 0.266 e. The summed E-state index contributed by atoms with van der Waals surface area (Å²) in [6, 6.07) is 20.8. The zero-order valence-corrected chi connectivity index (χ0v) is 15.3. The molecule has 0 heterocycles. The predicted molar refractivity (Wildman–Crippen MR) is 108 cm³/mol. The largest absolute Gasteiger partial charge is 0.508 e. The molecule has 144 valence electrons. The minimum atomic E-state index is -0.585. The van der Waals surface area contributed by atoms with Crippen molar-refractivity contribution < 1.29 is 19.0 Å². The number of amides is 1. The van der Waals surface area contributed by atoms with Crippen LogP contribution in [0.3, 0.4) is 0 Å². The summed E-state index contributed by atoms with van der Waals surface area (Å²) in [5, 5.41) is 21.3. The SMILES string of the molecule is N#C/C(=C\c1ccccc1OCc1cccc(F)c1)C(=O)Nc1ccc(O)cc1. The van der Waals surface area contributed by atoms with E-state index in [0.29, 0.717) is 22.6 Å². The van der Waals surface area contributed by atoms with E-state index in [1.165, 1.54) is 42.5 Å². The van der Waals surface area contributed by atoms with Gasteiger partial charge in [0.15, 0.2) is 0 Å². The van der Waals surface area contributed by atoms with Crippen molar-refractivity contribution in [3.8, 4) is 17.6 Å². The monoisotopic (exact) mass is 388 g/mol. The Hall–Kier alpha value is -4.11. The van der Waals surface area contributed by atoms with E-state index in [4.69, 9.17) is 4.74 Å². The maximum absolute atomic E-state index is 13.3. The highest BCUT2D eigenvalue weighted by molar-refractivity contribution is 6.09. The number of hydrogen-bond donors (Lipinski definition) is 2. The summed E-state index contributed by atoms with van der Waals surface area (Å²) in [4.78, 5) is 12.4. The summed E-state index contributed by atoms with van der Waals surface area (Å²) in [5.74, 6) is -0.402. The second-order valence-electron chi connectivity index (χ2n) is 6.13. The summed E-state index contributed by atoms with van der Waals surface area (Å²) in [5.41, 5.74) is 1.54. The molecule has 3 aromatic carbocycles. The molecule has 6 heteroatoms. The molecule has 5 nitrogen and oxygen atoms in total. The van der Waals surface area contributed by atoms with E-state index < -0.39 is 5.91 Å². The molecule has 0 radical (unpaired) electrons. The highest BCUT2D eigenvalue weighted by atomic mass is 19.1. The number of phenols is 1. The van der Waals surface area contributed by atoms with Gasteiger partial charge in [0.1, 0.15) is 35.6 Å². The van der Waals surface area contributed by atoms with E-state index in [2.05, 4.69) is 5.32 Å². The number of nitrogens with one attached hydrogen (secondary N) is 1. The molecule has 1 amide bonds. The Bertz CT molecular complexity index is 1090. The lowest BCUT2D eigenvalue weighted by Gasteiger charge is -2.10. The van der Waals surface area contributed by atoms with Crippen LogP contribution in [-0.2, 0) is 11.4 Å². The second-order valence-corrected chi connectivity index (χ2v) is 6.13. The number of nitriles is 1. The van der Waals surface area contributed by atoms with Gasteiger partial charge in [-0.1, -0.05) is 30.3 Å². The Morgan fingerprint density at radius 2 is 1.86 bits per heavy atom. The zero-order valence-electron chi connectivity index (χ0n) is 15.3. The number of hydrogen-bond acceptors (Lipinski definition) is 4. The summed E-state index contributed by atoms with van der Waals surface area (Å²) < 4.78 is 19.1. The first-order chi connectivity index (χ1) is 14.0. The number of phenolic OH excluding ortho intramolecular Hbond substituents is 1. The van der Waals surface area contributed by atoms with Crippen molar-refractivity contribution >= 4 is 17.7 Å². The molecule has 0 saturated carbocycles. The van der Waals surface area contributed by atoms with Gasteiger partial charge in [0.2, 0.25) is 0 Å². The number of para-hydroxylation sites is 1. The number of anilines is 1. The lowest BCUT2D eigenvalue weighted by Crippen LogP contribution is -2.13. The molecule has 0 fully saturated rings. The second kappa shape index (κ2) is 9.20. The van der Waals surface area contributed by atoms with Crippen molar-refractivity contribution in [1.82, 2.24) is 0 Å². The minimum absolute atomic E-state index is 0.0726. The standard InChI is InChI=1S/C23H17FN2O3/c24-19-6-3-4-16(12-19)15-29-22-7-2-1-5-17(22)13-18(14-25)23(28)26-20-8-10-21(27)11-9-20/h1-13,27H,15H2,(H,26,28)/b18-13+. The van der Waals surface area contributed by atoms with Crippen LogP contribution in [0.1, 0.15) is 11.1 Å². The molecule has 0 aliphatic rings. The molecule has 29 heavy (non-hydrogen) atoms. The Morgan fingerprint density at radius 3 is 2.59 bits per heavy atom. The molecule has 3 aromatic rings. The molecule has 0 spiro atoms. The van der Waals surface area contributed by atoms with Gasteiger partial charge in [0.05, 0.1) is 0 Å². The smallest absolute Gasteiger partial charge is 0.266 e. The normalized spacial score (nSPS) is 10.8. The van der Waals surface area contributed by atoms with Crippen LogP contribution < -0.4 is 10.1 Å². The van der Waals surface area contributed by atoms with Gasteiger partial charge < -0.3 is 15.2 Å². The quantitative estimate of drug-likeness (QED) is 0.366. The molecule has 0 aromatic heterocycles. The lowest BCUT2D eigenvalue weighted by molar-refractivity contribution is -0.112. The molecule has 0 aliphatic carbocycles. The summed E-state index contributed by atoms with van der Waals surface area (Å²) >= 11 is 0. The number of carbonyl (C=O) groups excluding carboxylic acids is 1. The van der Waals surface area contributed by atoms with Crippen molar-refractivity contribution in [2.75, 3.05) is 5.32 Å². The molecular weight excluding hydrogens is 371 g/mol. The van der Waals surface area contributed by atoms with Crippen LogP contribution >= 0.6 is 0 Å². The molecule has 3 rings (SSSR count). The minimum Gasteiger partial charge on any atom is -0.508 e. The number of halogens is 1. The Balaban J connectivity index is 1.77. The fraction of sp³-hybridized carbons (Fsp3) is 0.0435. The van der Waals surface area contributed by atoms with E-state index in [-0.39, 0.29) is 23.7 Å². The van der Waals surface area contributed by atoms with E-state index in [0.717, 1.165) is 0 Å². The predicted octanol–water partition coefficient (Wildman–Crippen LogP) is 4.66. The van der Waals surface area contributed by atoms with Crippen LogP contribution in [0.25, 0.3) is 6.08 Å². The number of aromatic hydroxyl groups is 1. The third kappa shape index (κ3) is 5.44. The molecule has 0 atom stereocenters. The number of ether oxygens (including phenoxy) is 1. The average molecular weight is 388 g/mol. The van der Waals surface area contributed by atoms with Crippen molar-refractivity contribution in [2.24, 2.45) is 0 Å². The van der Waals surface area contributed by atoms with Crippen molar-refractivity contribution in [2.45, 2.75) is 6.61 Å². The van der Waals surface area contributed by atoms with Crippen LogP contribution in [0, 0.1) is 17.1 Å². The molecule has 0 unspecified atom stereocenters. The van der Waals surface area contributed by atoms with Crippen LogP contribution in [0.5, 0.6) is 11.5 Å². The van der Waals surface area contributed by atoms with Gasteiger partial charge >= 0.3 is 0 Å². The number of benzene rings is 3. The number of nitrogens with zero attached hydrogens (tertiary/aromatic N) is 1. The molecular formula is C23H17FN2O3. The Kier molecular flexibility index (Phi) is 6.23. The Labute approximate surface area is 167 Å². The van der Waals surface area contributed by atoms with Crippen molar-refractivity contribution in [3.05, 3.63) is 95.3 Å². The van der Waals surface area contributed by atoms with Gasteiger partial charge in [-0.05, 0) is 54.1 Å². The summed E-state index contributed by atoms with van der Waals surface area (Å²) in [7, 11) is 0. The van der Waals surface area contributed by atoms with E-state index in [9.17, 15) is 19.6 Å². The van der Waals surface area contributed by atoms with Gasteiger partial charge in [-0.3, -0.25) is 4.79 Å². The van der Waals surface area contributed by atoms with Gasteiger partial charge in [-0.15, -0.1) is 0 Å². The van der Waals surface area contributed by atoms with Gasteiger partial charge in [-0.2, -0.15) is 5.26 Å². The summed E-state index contributed by atoms with van der Waals surface area (Å²) in [6.45, 7) is 0.143. The first-order valence-electron chi connectivity index (χ1n) is 8.73. The zero-order chi connectivity index (χ0) is 20.6. The highest BCUT2D eigenvalue weighted by Crippen LogP contribution is 2.23. The molecule has 0 bridgehead atoms.